The van der Waals surface area contributed by atoms with Crippen molar-refractivity contribution in [2.75, 3.05) is 0 Å². The molecule has 4 aliphatic rings. The van der Waals surface area contributed by atoms with Crippen molar-refractivity contribution in [3.05, 3.63) is 168 Å². The average molecular weight is 669 g/mol. The highest BCUT2D eigenvalue weighted by Gasteiger charge is 2.67. The molecule has 52 heavy (non-hydrogen) atoms. The second-order valence-corrected chi connectivity index (χ2v) is 16.9. The molecule has 0 nitrogen and oxygen atoms in total. The lowest BCUT2D eigenvalue weighted by Gasteiger charge is -2.70. The van der Waals surface area contributed by atoms with Gasteiger partial charge in [-0.3, -0.25) is 0 Å². The Morgan fingerprint density at radius 3 is 1.04 bits per heavy atom. The third-order valence-corrected chi connectivity index (χ3v) is 12.7. The van der Waals surface area contributed by atoms with Gasteiger partial charge in [-0.15, -0.1) is 12.8 Å². The fourth-order valence-corrected chi connectivity index (χ4v) is 12.0. The van der Waals surface area contributed by atoms with E-state index in [1.165, 1.54) is 50.9 Å². The maximum Gasteiger partial charge on any atom is 0.0359 e. The van der Waals surface area contributed by atoms with Crippen LogP contribution in [0, 0.1) is 35.5 Å². The number of rotatable bonds is 6. The van der Waals surface area contributed by atoms with Crippen LogP contribution in [-0.2, 0) is 10.8 Å². The molecule has 0 unspecified atom stereocenters. The van der Waals surface area contributed by atoms with Crippen LogP contribution in [0.1, 0.15) is 74.6 Å². The van der Waals surface area contributed by atoms with Crippen LogP contribution in [-0.4, -0.2) is 0 Å². The Hall–Kier alpha value is -5.56. The number of hydrogen-bond acceptors (Lipinski definition) is 0. The smallest absolute Gasteiger partial charge is 0.0359 e. The molecule has 10 rings (SSSR count). The first-order valence-corrected chi connectivity index (χ1v) is 18.8. The van der Waals surface area contributed by atoms with Crippen molar-refractivity contribution in [3.63, 3.8) is 0 Å². The topological polar surface area (TPSA) is 0 Å². The van der Waals surface area contributed by atoms with Gasteiger partial charge in [0.15, 0.2) is 0 Å². The molecule has 4 aliphatic carbocycles. The Labute approximate surface area is 310 Å². The minimum absolute atomic E-state index is 0.101. The maximum absolute atomic E-state index is 6.64. The fourth-order valence-electron chi connectivity index (χ4n) is 12.0. The standard InChI is InChI=1S/C52H44/c1-5-43-45(39-23-15-9-16-24-39)27-41(37-19-11-7-12-20-37)29-47(43)51-32-49(3)31-50(4,33-51)35-52(34-49,36-51)48-30-42(38-21-13-8-14-22-38)28-46(44(48)6-2)40-25-17-10-18-26-40/h1-2,7-30H,31-36H2,3-4H3. The summed E-state index contributed by atoms with van der Waals surface area (Å²) in [4.78, 5) is 0. The van der Waals surface area contributed by atoms with Crippen LogP contribution >= 0.6 is 0 Å². The summed E-state index contributed by atoms with van der Waals surface area (Å²) < 4.78 is 0. The van der Waals surface area contributed by atoms with Crippen LogP contribution in [0.5, 0.6) is 0 Å². The largest absolute Gasteiger partial charge is 0.115 e. The summed E-state index contributed by atoms with van der Waals surface area (Å²) in [5, 5.41) is 0. The highest BCUT2D eigenvalue weighted by molar-refractivity contribution is 5.82. The molecule has 0 aromatic heterocycles. The number of hydrogen-bond donors (Lipinski definition) is 0. The van der Waals surface area contributed by atoms with Gasteiger partial charge >= 0.3 is 0 Å². The van der Waals surface area contributed by atoms with E-state index in [0.29, 0.717) is 0 Å². The molecule has 0 N–H and O–H groups in total. The van der Waals surface area contributed by atoms with E-state index >= 15 is 0 Å². The van der Waals surface area contributed by atoms with Gasteiger partial charge in [-0.2, -0.15) is 0 Å². The predicted octanol–water partition coefficient (Wildman–Crippen LogP) is 12.9. The minimum Gasteiger partial charge on any atom is -0.115 e. The fraction of sp³-hybridized carbons (Fsp3) is 0.231. The molecule has 252 valence electrons. The zero-order valence-corrected chi connectivity index (χ0v) is 30.3. The molecule has 4 fully saturated rings. The van der Waals surface area contributed by atoms with Gasteiger partial charge in [0.1, 0.15) is 0 Å². The third kappa shape index (κ3) is 5.25. The van der Waals surface area contributed by atoms with Crippen molar-refractivity contribution in [2.24, 2.45) is 10.8 Å². The SMILES string of the molecule is C#Cc1c(-c2ccccc2)cc(-c2ccccc2)cc1C12CC3(C)CC(C)(C1)CC(c1cc(-c4ccccc4)cc(-c4ccccc4)c1C#C)(C3)C2. The lowest BCUT2D eigenvalue weighted by molar-refractivity contribution is -0.126. The van der Waals surface area contributed by atoms with Gasteiger partial charge in [0, 0.05) is 11.1 Å². The quantitative estimate of drug-likeness (QED) is 0.155. The molecule has 4 saturated carbocycles. The van der Waals surface area contributed by atoms with E-state index in [1.54, 1.807) is 0 Å². The van der Waals surface area contributed by atoms with Gasteiger partial charge in [0.25, 0.3) is 0 Å². The first-order chi connectivity index (χ1) is 25.2. The van der Waals surface area contributed by atoms with Crippen molar-refractivity contribution in [1.29, 1.82) is 0 Å². The molecule has 6 aromatic carbocycles. The first kappa shape index (κ1) is 32.4. The lowest BCUT2D eigenvalue weighted by atomic mass is 9.34. The summed E-state index contributed by atoms with van der Waals surface area (Å²) in [6.07, 6.45) is 20.1. The molecule has 0 spiro atoms. The Kier molecular flexibility index (Phi) is 7.47. The van der Waals surface area contributed by atoms with E-state index in [-0.39, 0.29) is 21.7 Å². The summed E-state index contributed by atoms with van der Waals surface area (Å²) >= 11 is 0. The Balaban J connectivity index is 1.32. The lowest BCUT2D eigenvalue weighted by Crippen LogP contribution is -2.63. The molecule has 6 aromatic rings. The summed E-state index contributed by atoms with van der Waals surface area (Å²) in [6, 6.07) is 52.8. The second-order valence-electron chi connectivity index (χ2n) is 16.9. The maximum atomic E-state index is 6.64. The molecule has 4 bridgehead atoms. The van der Waals surface area contributed by atoms with Gasteiger partial charge in [0.2, 0.25) is 0 Å². The molecule has 0 aliphatic heterocycles. The van der Waals surface area contributed by atoms with Crippen LogP contribution in [0.15, 0.2) is 146 Å². The van der Waals surface area contributed by atoms with E-state index in [9.17, 15) is 0 Å². The van der Waals surface area contributed by atoms with E-state index in [1.807, 2.05) is 0 Å². The van der Waals surface area contributed by atoms with E-state index in [4.69, 9.17) is 12.8 Å². The molecule has 0 radical (unpaired) electrons. The van der Waals surface area contributed by atoms with Crippen molar-refractivity contribution in [1.82, 2.24) is 0 Å². The van der Waals surface area contributed by atoms with Crippen molar-refractivity contribution in [3.8, 4) is 69.2 Å². The van der Waals surface area contributed by atoms with E-state index in [0.717, 1.165) is 54.4 Å². The summed E-state index contributed by atoms with van der Waals surface area (Å²) in [6.45, 7) is 5.13. The van der Waals surface area contributed by atoms with Crippen molar-refractivity contribution < 1.29 is 0 Å². The van der Waals surface area contributed by atoms with Crippen LogP contribution in [0.2, 0.25) is 0 Å². The Bertz CT molecular complexity index is 2200. The zero-order chi connectivity index (χ0) is 35.6. The summed E-state index contributed by atoms with van der Waals surface area (Å²) in [5.41, 5.74) is 14.4. The summed E-state index contributed by atoms with van der Waals surface area (Å²) in [7, 11) is 0. The van der Waals surface area contributed by atoms with Crippen LogP contribution in [0.3, 0.4) is 0 Å². The Morgan fingerprint density at radius 2 is 0.712 bits per heavy atom. The van der Waals surface area contributed by atoms with Crippen LogP contribution in [0.4, 0.5) is 0 Å². The van der Waals surface area contributed by atoms with Gasteiger partial charge in [0.05, 0.1) is 0 Å². The molecular formula is C52H44. The highest BCUT2D eigenvalue weighted by atomic mass is 14.7. The van der Waals surface area contributed by atoms with Gasteiger partial charge in [-0.05, 0) is 140 Å². The average Bonchev–Trinajstić information content (AvgIpc) is 3.17. The van der Waals surface area contributed by atoms with E-state index in [2.05, 4.69) is 171 Å². The normalized spacial score (nSPS) is 25.7. The number of terminal acetylenes is 2. The minimum atomic E-state index is -0.101. The highest BCUT2D eigenvalue weighted by Crippen LogP contribution is 2.75. The molecule has 0 heteroatoms. The van der Waals surface area contributed by atoms with Crippen LogP contribution < -0.4 is 0 Å². The molecular weight excluding hydrogens is 625 g/mol. The monoisotopic (exact) mass is 668 g/mol. The van der Waals surface area contributed by atoms with Gasteiger partial charge in [-0.1, -0.05) is 147 Å². The zero-order valence-electron chi connectivity index (χ0n) is 30.3. The van der Waals surface area contributed by atoms with Crippen LogP contribution in [0.25, 0.3) is 44.5 Å². The van der Waals surface area contributed by atoms with Crippen molar-refractivity contribution >= 4 is 0 Å². The summed E-state index contributed by atoms with van der Waals surface area (Å²) in [5.74, 6) is 6.59. The van der Waals surface area contributed by atoms with Crippen molar-refractivity contribution in [2.45, 2.75) is 63.2 Å². The molecule has 0 amide bonds. The predicted molar refractivity (Wildman–Crippen MR) is 218 cm³/mol. The van der Waals surface area contributed by atoms with Gasteiger partial charge < -0.3 is 0 Å². The van der Waals surface area contributed by atoms with E-state index < -0.39 is 0 Å². The molecule has 0 atom stereocenters. The molecule has 0 heterocycles. The van der Waals surface area contributed by atoms with Gasteiger partial charge in [-0.25, -0.2) is 0 Å². The number of benzene rings is 6. The third-order valence-electron chi connectivity index (χ3n) is 12.7. The first-order valence-electron chi connectivity index (χ1n) is 18.8. The molecule has 0 saturated heterocycles. The second kappa shape index (κ2) is 12.0. The Morgan fingerprint density at radius 1 is 0.385 bits per heavy atom.